The highest BCUT2D eigenvalue weighted by Crippen LogP contribution is 2.30. The molecule has 1 heterocycles. The van der Waals surface area contributed by atoms with E-state index in [2.05, 4.69) is 5.32 Å². The van der Waals surface area contributed by atoms with Crippen LogP contribution in [0.3, 0.4) is 0 Å². The van der Waals surface area contributed by atoms with Crippen molar-refractivity contribution in [3.05, 3.63) is 78.4 Å². The number of amides is 1. The maximum absolute atomic E-state index is 13.5. The molecule has 0 unspecified atom stereocenters. The second kappa shape index (κ2) is 11.5. The molecule has 0 aromatic heterocycles. The van der Waals surface area contributed by atoms with Crippen molar-refractivity contribution in [1.82, 2.24) is 4.31 Å². The molecule has 12 heteroatoms. The minimum absolute atomic E-state index is 0.0386. The van der Waals surface area contributed by atoms with E-state index in [-0.39, 0.29) is 47.5 Å². The molecule has 0 aliphatic carbocycles. The smallest absolute Gasteiger partial charge is 0.264 e. The summed E-state index contributed by atoms with van der Waals surface area (Å²) in [7, 11) is -6.63. The number of rotatable bonds is 9. The van der Waals surface area contributed by atoms with Crippen molar-refractivity contribution < 1.29 is 31.1 Å². The quantitative estimate of drug-likeness (QED) is 0.428. The predicted molar refractivity (Wildman–Crippen MR) is 143 cm³/mol. The lowest BCUT2D eigenvalue weighted by atomic mass is 10.2. The lowest BCUT2D eigenvalue weighted by Gasteiger charge is -2.27. The zero-order valence-corrected chi connectivity index (χ0v) is 22.7. The average Bonchev–Trinajstić information content (AvgIpc) is 2.93. The highest BCUT2D eigenvalue weighted by Gasteiger charge is 2.30. The van der Waals surface area contributed by atoms with Gasteiger partial charge in [-0.05, 0) is 49.4 Å². The van der Waals surface area contributed by atoms with E-state index in [1.54, 1.807) is 42.5 Å². The molecule has 1 fully saturated rings. The number of ether oxygens (including phenoxy) is 2. The zero-order valence-electron chi connectivity index (χ0n) is 21.0. The van der Waals surface area contributed by atoms with Gasteiger partial charge in [0.2, 0.25) is 15.9 Å². The molecule has 3 aromatic rings. The lowest BCUT2D eigenvalue weighted by molar-refractivity contribution is -0.114. The Morgan fingerprint density at radius 3 is 2.26 bits per heavy atom. The molecule has 1 saturated heterocycles. The van der Waals surface area contributed by atoms with Gasteiger partial charge in [-0.15, -0.1) is 0 Å². The molecule has 0 spiro atoms. The number of methoxy groups -OCH3 is 1. The van der Waals surface area contributed by atoms with Crippen LogP contribution in [-0.2, 0) is 29.6 Å². The third kappa shape index (κ3) is 5.99. The summed E-state index contributed by atoms with van der Waals surface area (Å²) >= 11 is 0. The summed E-state index contributed by atoms with van der Waals surface area (Å²) in [5.74, 6) is -0.521. The van der Waals surface area contributed by atoms with Gasteiger partial charge >= 0.3 is 0 Å². The number of sulfonamides is 2. The third-order valence-electron chi connectivity index (χ3n) is 5.98. The number of carbonyl (C=O) groups is 1. The summed E-state index contributed by atoms with van der Waals surface area (Å²) in [6, 6.07) is 18.9. The Balaban J connectivity index is 1.62. The van der Waals surface area contributed by atoms with Crippen LogP contribution in [0.1, 0.15) is 5.56 Å². The van der Waals surface area contributed by atoms with Gasteiger partial charge in [-0.1, -0.05) is 35.9 Å². The predicted octanol–water partition coefficient (Wildman–Crippen LogP) is 2.86. The fourth-order valence-corrected chi connectivity index (χ4v) is 6.99. The molecule has 1 aliphatic rings. The van der Waals surface area contributed by atoms with E-state index in [0.29, 0.717) is 5.69 Å². The third-order valence-corrected chi connectivity index (χ3v) is 9.68. The maximum Gasteiger partial charge on any atom is 0.264 e. The van der Waals surface area contributed by atoms with Gasteiger partial charge in [-0.3, -0.25) is 9.10 Å². The van der Waals surface area contributed by atoms with Gasteiger partial charge in [0.1, 0.15) is 17.2 Å². The standard InChI is InChI=1S/C26H29N3O7S2/c1-20-8-11-22(12-9-20)29(37(31,32)23-6-4-3-5-7-23)19-26(30)27-21-10-13-24(35-2)25(18-21)38(33,34)28-14-16-36-17-15-28/h3-13,18H,14-17,19H2,1-2H3,(H,27,30). The average molecular weight is 560 g/mol. The second-order valence-electron chi connectivity index (χ2n) is 8.59. The van der Waals surface area contributed by atoms with Crippen LogP contribution < -0.4 is 14.4 Å². The van der Waals surface area contributed by atoms with Crippen molar-refractivity contribution in [2.24, 2.45) is 0 Å². The summed E-state index contributed by atoms with van der Waals surface area (Å²) in [5.41, 5.74) is 1.44. The van der Waals surface area contributed by atoms with Crippen LogP contribution in [-0.4, -0.2) is 67.0 Å². The first-order valence-electron chi connectivity index (χ1n) is 11.8. The molecule has 10 nitrogen and oxygen atoms in total. The largest absolute Gasteiger partial charge is 0.495 e. The Morgan fingerprint density at radius 1 is 0.974 bits per heavy atom. The lowest BCUT2D eigenvalue weighted by Crippen LogP contribution is -2.40. The molecule has 38 heavy (non-hydrogen) atoms. The van der Waals surface area contributed by atoms with E-state index in [9.17, 15) is 21.6 Å². The van der Waals surface area contributed by atoms with Gasteiger partial charge in [-0.25, -0.2) is 16.8 Å². The number of morpholine rings is 1. The van der Waals surface area contributed by atoms with Crippen LogP contribution in [0.5, 0.6) is 5.75 Å². The van der Waals surface area contributed by atoms with Crippen LogP contribution in [0.15, 0.2) is 82.6 Å². The second-order valence-corrected chi connectivity index (χ2v) is 12.4. The monoisotopic (exact) mass is 559 g/mol. The molecule has 0 saturated carbocycles. The zero-order chi connectivity index (χ0) is 27.3. The summed E-state index contributed by atoms with van der Waals surface area (Å²) in [6.45, 7) is 2.30. The molecular weight excluding hydrogens is 530 g/mol. The fourth-order valence-electron chi connectivity index (χ4n) is 3.96. The van der Waals surface area contributed by atoms with Crippen LogP contribution >= 0.6 is 0 Å². The highest BCUT2D eigenvalue weighted by atomic mass is 32.2. The number of carbonyl (C=O) groups excluding carboxylic acids is 1. The van der Waals surface area contributed by atoms with E-state index in [0.717, 1.165) is 9.87 Å². The summed E-state index contributed by atoms with van der Waals surface area (Å²) in [4.78, 5) is 13.1. The molecule has 1 aliphatic heterocycles. The minimum atomic E-state index is -4.07. The SMILES string of the molecule is COc1ccc(NC(=O)CN(c2ccc(C)cc2)S(=O)(=O)c2ccccc2)cc1S(=O)(=O)N1CCOCC1. The molecule has 1 amide bonds. The Bertz CT molecular complexity index is 1490. The molecule has 0 atom stereocenters. The first-order valence-corrected chi connectivity index (χ1v) is 14.7. The van der Waals surface area contributed by atoms with E-state index in [1.165, 1.54) is 41.7 Å². The molecule has 4 rings (SSSR count). The van der Waals surface area contributed by atoms with Crippen LogP contribution in [0, 0.1) is 6.92 Å². The van der Waals surface area contributed by atoms with E-state index in [4.69, 9.17) is 9.47 Å². The number of hydrogen-bond acceptors (Lipinski definition) is 7. The minimum Gasteiger partial charge on any atom is -0.495 e. The number of nitrogens with zero attached hydrogens (tertiary/aromatic N) is 2. The first-order chi connectivity index (χ1) is 18.1. The van der Waals surface area contributed by atoms with Crippen molar-refractivity contribution in [3.8, 4) is 5.75 Å². The number of nitrogens with one attached hydrogen (secondary N) is 1. The van der Waals surface area contributed by atoms with Gasteiger partial charge in [0.15, 0.2) is 0 Å². The van der Waals surface area contributed by atoms with E-state index >= 15 is 0 Å². The molecular formula is C26H29N3O7S2. The van der Waals surface area contributed by atoms with Crippen LogP contribution in [0.25, 0.3) is 0 Å². The van der Waals surface area contributed by atoms with Crippen molar-refractivity contribution in [3.63, 3.8) is 0 Å². The van der Waals surface area contributed by atoms with Gasteiger partial charge < -0.3 is 14.8 Å². The van der Waals surface area contributed by atoms with E-state index < -0.39 is 32.5 Å². The Hall–Kier alpha value is -3.45. The fraction of sp³-hybridized carbons (Fsp3) is 0.269. The molecule has 0 bridgehead atoms. The highest BCUT2D eigenvalue weighted by molar-refractivity contribution is 7.92. The first kappa shape index (κ1) is 27.6. The van der Waals surface area contributed by atoms with E-state index in [1.807, 2.05) is 6.92 Å². The van der Waals surface area contributed by atoms with Gasteiger partial charge in [0, 0.05) is 18.8 Å². The Labute approximate surface area is 222 Å². The van der Waals surface area contributed by atoms with Gasteiger partial charge in [0.25, 0.3) is 10.0 Å². The molecule has 202 valence electrons. The number of anilines is 2. The maximum atomic E-state index is 13.5. The van der Waals surface area contributed by atoms with Crippen molar-refractivity contribution in [2.75, 3.05) is 49.6 Å². The number of hydrogen-bond donors (Lipinski definition) is 1. The summed E-state index contributed by atoms with van der Waals surface area (Å²) in [5, 5.41) is 2.64. The summed E-state index contributed by atoms with van der Waals surface area (Å²) in [6.07, 6.45) is 0. The molecule has 0 radical (unpaired) electrons. The van der Waals surface area contributed by atoms with Gasteiger partial charge in [-0.2, -0.15) is 4.31 Å². The van der Waals surface area contributed by atoms with Crippen LogP contribution in [0.4, 0.5) is 11.4 Å². The Kier molecular flexibility index (Phi) is 8.36. The van der Waals surface area contributed by atoms with Gasteiger partial charge in [0.05, 0.1) is 30.9 Å². The number of aryl methyl sites for hydroxylation is 1. The topological polar surface area (TPSA) is 122 Å². The molecule has 3 aromatic carbocycles. The Morgan fingerprint density at radius 2 is 1.63 bits per heavy atom. The summed E-state index contributed by atoms with van der Waals surface area (Å²) < 4.78 is 66.4. The van der Waals surface area contributed by atoms with Crippen molar-refractivity contribution >= 4 is 37.3 Å². The van der Waals surface area contributed by atoms with Crippen LogP contribution in [0.2, 0.25) is 0 Å². The molecule has 1 N–H and O–H groups in total. The van der Waals surface area contributed by atoms with Crippen molar-refractivity contribution in [2.45, 2.75) is 16.7 Å². The van der Waals surface area contributed by atoms with Crippen molar-refractivity contribution in [1.29, 1.82) is 0 Å². The normalized spacial score (nSPS) is 14.6. The number of benzene rings is 3.